The highest BCUT2D eigenvalue weighted by atomic mass is 127. The van der Waals surface area contributed by atoms with Crippen molar-refractivity contribution in [2.45, 2.75) is 37.8 Å². The number of primary sulfonamides is 1. The number of rotatable bonds is 6. The second-order valence-corrected chi connectivity index (χ2v) is 8.81. The number of aryl methyl sites for hydroxylation is 1. The first-order valence-electron chi connectivity index (χ1n) is 7.92. The predicted octanol–water partition coefficient (Wildman–Crippen LogP) is 2.62. The quantitative estimate of drug-likeness (QED) is 0.318. The van der Waals surface area contributed by atoms with Crippen molar-refractivity contribution in [1.82, 2.24) is 10.6 Å². The summed E-state index contributed by atoms with van der Waals surface area (Å²) in [6, 6.07) is 11.1. The number of thiophene rings is 1. The van der Waals surface area contributed by atoms with Crippen molar-refractivity contribution in [1.29, 1.82) is 0 Å². The molecule has 0 saturated carbocycles. The summed E-state index contributed by atoms with van der Waals surface area (Å²) in [5, 5.41) is 11.7. The number of sulfonamides is 1. The van der Waals surface area contributed by atoms with E-state index >= 15 is 0 Å². The van der Waals surface area contributed by atoms with E-state index in [1.54, 1.807) is 30.5 Å². The number of nitrogens with two attached hydrogens (primary N) is 1. The zero-order valence-corrected chi connectivity index (χ0v) is 19.0. The first-order chi connectivity index (χ1) is 11.8. The lowest BCUT2D eigenvalue weighted by atomic mass is 10.2. The van der Waals surface area contributed by atoms with Crippen LogP contribution in [-0.4, -0.2) is 27.5 Å². The average molecular weight is 508 g/mol. The fourth-order valence-electron chi connectivity index (χ4n) is 2.39. The van der Waals surface area contributed by atoms with Crippen molar-refractivity contribution in [3.63, 3.8) is 0 Å². The Morgan fingerprint density at radius 1 is 1.31 bits per heavy atom. The van der Waals surface area contributed by atoms with Gasteiger partial charge in [-0.1, -0.05) is 12.1 Å². The minimum absolute atomic E-state index is 0. The highest BCUT2D eigenvalue weighted by Gasteiger charge is 2.10. The van der Waals surface area contributed by atoms with Crippen LogP contribution in [0.2, 0.25) is 0 Å². The summed E-state index contributed by atoms with van der Waals surface area (Å²) in [5.41, 5.74) is 0.816. The molecule has 1 atom stereocenters. The molecule has 0 fully saturated rings. The predicted molar refractivity (Wildman–Crippen MR) is 119 cm³/mol. The highest BCUT2D eigenvalue weighted by molar-refractivity contribution is 14.0. The molecule has 1 unspecified atom stereocenters. The van der Waals surface area contributed by atoms with Gasteiger partial charge in [-0.15, -0.1) is 35.3 Å². The van der Waals surface area contributed by atoms with Crippen molar-refractivity contribution in [2.75, 3.05) is 7.05 Å². The van der Waals surface area contributed by atoms with Gasteiger partial charge in [0.2, 0.25) is 10.0 Å². The van der Waals surface area contributed by atoms with Gasteiger partial charge in [0.1, 0.15) is 0 Å². The molecule has 0 saturated heterocycles. The van der Waals surface area contributed by atoms with E-state index in [9.17, 15) is 8.42 Å². The van der Waals surface area contributed by atoms with Crippen LogP contribution in [0.5, 0.6) is 0 Å². The van der Waals surface area contributed by atoms with Crippen molar-refractivity contribution in [3.05, 3.63) is 51.7 Å². The van der Waals surface area contributed by atoms with Gasteiger partial charge in [0.25, 0.3) is 0 Å². The lowest BCUT2D eigenvalue weighted by Crippen LogP contribution is -2.42. The second kappa shape index (κ2) is 10.2. The molecule has 6 nitrogen and oxygen atoms in total. The largest absolute Gasteiger partial charge is 0.354 e. The maximum Gasteiger partial charge on any atom is 0.238 e. The molecule has 1 heterocycles. The minimum atomic E-state index is -3.69. The number of nitrogens with one attached hydrogen (secondary N) is 2. The third-order valence-electron chi connectivity index (χ3n) is 3.60. The summed E-state index contributed by atoms with van der Waals surface area (Å²) >= 11 is 1.80. The summed E-state index contributed by atoms with van der Waals surface area (Å²) < 4.78 is 22.8. The minimum Gasteiger partial charge on any atom is -0.354 e. The van der Waals surface area contributed by atoms with Gasteiger partial charge in [0, 0.05) is 35.8 Å². The van der Waals surface area contributed by atoms with Gasteiger partial charge in [-0.05, 0) is 43.7 Å². The van der Waals surface area contributed by atoms with Crippen LogP contribution in [0, 0.1) is 6.92 Å². The van der Waals surface area contributed by atoms with Crippen molar-refractivity contribution in [3.8, 4) is 0 Å². The lowest BCUT2D eigenvalue weighted by Gasteiger charge is -2.17. The van der Waals surface area contributed by atoms with Gasteiger partial charge in [0.05, 0.1) is 4.90 Å². The summed E-state index contributed by atoms with van der Waals surface area (Å²) in [5.74, 6) is 0.668. The molecule has 2 aromatic rings. The molecule has 0 spiro atoms. The normalized spacial score (nSPS) is 13.0. The molecular weight excluding hydrogens is 483 g/mol. The summed E-state index contributed by atoms with van der Waals surface area (Å²) in [6.45, 7) is 4.65. The van der Waals surface area contributed by atoms with Crippen LogP contribution in [0.25, 0.3) is 0 Å². The van der Waals surface area contributed by atoms with Gasteiger partial charge in [-0.25, -0.2) is 13.6 Å². The van der Waals surface area contributed by atoms with E-state index in [0.29, 0.717) is 12.5 Å². The molecule has 2 rings (SSSR count). The van der Waals surface area contributed by atoms with Gasteiger partial charge < -0.3 is 10.6 Å². The Kier molecular flexibility index (Phi) is 9.01. The molecule has 26 heavy (non-hydrogen) atoms. The molecule has 0 radical (unpaired) electrons. The molecule has 1 aromatic carbocycles. The van der Waals surface area contributed by atoms with Gasteiger partial charge in [-0.2, -0.15) is 0 Å². The summed E-state index contributed by atoms with van der Waals surface area (Å²) in [6.07, 6.45) is 0.917. The fraction of sp³-hybridized carbons (Fsp3) is 0.353. The number of halogens is 1. The van der Waals surface area contributed by atoms with Crippen molar-refractivity contribution in [2.24, 2.45) is 10.1 Å². The average Bonchev–Trinajstić information content (AvgIpc) is 2.95. The van der Waals surface area contributed by atoms with E-state index in [1.165, 1.54) is 15.8 Å². The smallest absolute Gasteiger partial charge is 0.238 e. The Morgan fingerprint density at radius 2 is 2.04 bits per heavy atom. The number of hydrogen-bond acceptors (Lipinski definition) is 4. The van der Waals surface area contributed by atoms with Crippen LogP contribution in [0.15, 0.2) is 46.3 Å². The molecular formula is C17H25IN4O2S2. The van der Waals surface area contributed by atoms with Crippen LogP contribution in [-0.2, 0) is 23.0 Å². The molecule has 1 aromatic heterocycles. The maximum atomic E-state index is 11.4. The van der Waals surface area contributed by atoms with E-state index < -0.39 is 10.0 Å². The maximum absolute atomic E-state index is 11.4. The van der Waals surface area contributed by atoms with E-state index in [-0.39, 0.29) is 34.9 Å². The van der Waals surface area contributed by atoms with Crippen LogP contribution in [0.1, 0.15) is 22.2 Å². The summed E-state index contributed by atoms with van der Waals surface area (Å²) in [7, 11) is -1.99. The van der Waals surface area contributed by atoms with Crippen LogP contribution in [0.3, 0.4) is 0 Å². The Morgan fingerprint density at radius 3 is 2.62 bits per heavy atom. The number of guanidine groups is 1. The molecule has 9 heteroatoms. The topological polar surface area (TPSA) is 96.6 Å². The molecule has 0 aliphatic rings. The third-order valence-corrected chi connectivity index (χ3v) is 5.53. The summed E-state index contributed by atoms with van der Waals surface area (Å²) in [4.78, 5) is 6.96. The van der Waals surface area contributed by atoms with E-state index in [0.717, 1.165) is 12.0 Å². The Bertz CT molecular complexity index is 850. The van der Waals surface area contributed by atoms with E-state index in [2.05, 4.69) is 41.6 Å². The number of benzene rings is 1. The highest BCUT2D eigenvalue weighted by Crippen LogP contribution is 2.16. The van der Waals surface area contributed by atoms with Crippen LogP contribution in [0.4, 0.5) is 0 Å². The van der Waals surface area contributed by atoms with Gasteiger partial charge >= 0.3 is 0 Å². The van der Waals surface area contributed by atoms with Crippen molar-refractivity contribution >= 4 is 51.3 Å². The van der Waals surface area contributed by atoms with Crippen LogP contribution >= 0.6 is 35.3 Å². The zero-order chi connectivity index (χ0) is 18.4. The Hall–Kier alpha value is -1.17. The number of hydrogen-bond donors (Lipinski definition) is 3. The molecule has 0 amide bonds. The molecule has 0 bridgehead atoms. The number of nitrogens with zero attached hydrogens (tertiary/aromatic N) is 1. The van der Waals surface area contributed by atoms with E-state index in [4.69, 9.17) is 5.14 Å². The molecule has 4 N–H and O–H groups in total. The van der Waals surface area contributed by atoms with Crippen molar-refractivity contribution < 1.29 is 8.42 Å². The van der Waals surface area contributed by atoms with Crippen LogP contribution < -0.4 is 15.8 Å². The van der Waals surface area contributed by atoms with Gasteiger partial charge in [-0.3, -0.25) is 4.99 Å². The fourth-order valence-corrected chi connectivity index (χ4v) is 4.00. The zero-order valence-electron chi connectivity index (χ0n) is 15.0. The monoisotopic (exact) mass is 508 g/mol. The van der Waals surface area contributed by atoms with E-state index in [1.807, 2.05) is 6.07 Å². The first-order valence-corrected chi connectivity index (χ1v) is 10.3. The first kappa shape index (κ1) is 22.9. The van der Waals surface area contributed by atoms with Gasteiger partial charge in [0.15, 0.2) is 5.96 Å². The number of aliphatic imine (C=N–C) groups is 1. The third kappa shape index (κ3) is 7.22. The Balaban J connectivity index is 0.00000338. The lowest BCUT2D eigenvalue weighted by molar-refractivity contribution is 0.597. The SMILES string of the molecule is CN=C(NCc1cccc(S(N)(=O)=O)c1)NC(C)Cc1ccc(C)s1.I. The Labute approximate surface area is 176 Å². The molecule has 0 aliphatic carbocycles. The standard InChI is InChI=1S/C17H24N4O2S2.HI/c1-12(9-15-8-7-13(2)24-15)21-17(19-3)20-11-14-5-4-6-16(10-14)25(18,22)23;/h4-8,10,12H,9,11H2,1-3H3,(H2,18,22,23)(H2,19,20,21);1H. The second-order valence-electron chi connectivity index (χ2n) is 5.88. The molecule has 0 aliphatic heterocycles. The molecule has 144 valence electrons.